The van der Waals surface area contributed by atoms with Crippen molar-refractivity contribution < 1.29 is 0 Å². The van der Waals surface area contributed by atoms with Crippen molar-refractivity contribution in [2.75, 3.05) is 13.1 Å². The Kier molecular flexibility index (Phi) is 12.5. The third-order valence-electron chi connectivity index (χ3n) is 3.74. The van der Waals surface area contributed by atoms with Crippen molar-refractivity contribution in [3.63, 3.8) is 0 Å². The summed E-state index contributed by atoms with van der Waals surface area (Å²) >= 11 is 2.06. The first-order chi connectivity index (χ1) is 10.1. The van der Waals surface area contributed by atoms with Crippen LogP contribution in [0, 0.1) is 5.92 Å². The first-order valence-electron chi connectivity index (χ1n) is 8.87. The van der Waals surface area contributed by atoms with Gasteiger partial charge in [0, 0.05) is 24.4 Å². The fourth-order valence-electron chi connectivity index (χ4n) is 2.74. The maximum Gasteiger partial charge on any atom is 0.0507 e. The number of hydrogen-bond donors (Lipinski definition) is 2. The minimum Gasteiger partial charge on any atom is -0.309 e. The second-order valence-electron chi connectivity index (χ2n) is 5.90. The standard InChI is InChI=1S/C13H24N2S.C3H8.C2H6/c1-9-5-4-6-10(2)13(9)15-8-12-7-14-11(3)16-12;1-3-2;1-2/h5,10-15H,4,6-8H2,1-3H3;3H2,1-2H3;1-2H3. The molecule has 0 spiro atoms. The average molecular weight is 315 g/mol. The molecule has 1 aliphatic carbocycles. The summed E-state index contributed by atoms with van der Waals surface area (Å²) in [7, 11) is 0. The zero-order chi connectivity index (χ0) is 16.3. The van der Waals surface area contributed by atoms with Gasteiger partial charge in [-0.15, -0.1) is 11.8 Å². The van der Waals surface area contributed by atoms with E-state index in [0.717, 1.165) is 24.3 Å². The Morgan fingerprint density at radius 3 is 2.38 bits per heavy atom. The Morgan fingerprint density at radius 1 is 1.29 bits per heavy atom. The average Bonchev–Trinajstić information content (AvgIpc) is 2.87. The fourth-order valence-corrected chi connectivity index (χ4v) is 3.89. The summed E-state index contributed by atoms with van der Waals surface area (Å²) in [5.41, 5.74) is 1.54. The molecule has 0 amide bonds. The minimum atomic E-state index is 0.616. The van der Waals surface area contributed by atoms with Crippen LogP contribution in [0.3, 0.4) is 0 Å². The zero-order valence-electron chi connectivity index (χ0n) is 15.3. The first-order valence-corrected chi connectivity index (χ1v) is 9.81. The number of thioether (sulfide) groups is 1. The van der Waals surface area contributed by atoms with Crippen LogP contribution in [0.15, 0.2) is 11.6 Å². The molecule has 0 saturated carbocycles. The summed E-state index contributed by atoms with van der Waals surface area (Å²) in [5, 5.41) is 8.62. The highest BCUT2D eigenvalue weighted by atomic mass is 32.2. The van der Waals surface area contributed by atoms with Crippen molar-refractivity contribution in [2.45, 2.75) is 84.4 Å². The van der Waals surface area contributed by atoms with Crippen molar-refractivity contribution in [3.05, 3.63) is 11.6 Å². The Morgan fingerprint density at radius 2 is 1.90 bits per heavy atom. The van der Waals surface area contributed by atoms with Crippen molar-refractivity contribution >= 4 is 11.8 Å². The SMILES string of the molecule is CC.CC1=CCCC(C)C1NCC1CNC(C)S1.CCC. The predicted octanol–water partition coefficient (Wildman–Crippen LogP) is 4.81. The summed E-state index contributed by atoms with van der Waals surface area (Å²) < 4.78 is 0. The van der Waals surface area contributed by atoms with Gasteiger partial charge < -0.3 is 10.6 Å². The Labute approximate surface area is 137 Å². The van der Waals surface area contributed by atoms with Gasteiger partial charge in [0.05, 0.1) is 5.37 Å². The van der Waals surface area contributed by atoms with E-state index in [-0.39, 0.29) is 0 Å². The molecule has 126 valence electrons. The Hall–Kier alpha value is 0.0100. The largest absolute Gasteiger partial charge is 0.309 e. The topological polar surface area (TPSA) is 24.1 Å². The molecule has 1 fully saturated rings. The van der Waals surface area contributed by atoms with Gasteiger partial charge in [0.1, 0.15) is 0 Å². The van der Waals surface area contributed by atoms with Gasteiger partial charge in [0.2, 0.25) is 0 Å². The lowest BCUT2D eigenvalue weighted by Gasteiger charge is -2.30. The molecular formula is C18H38N2S. The van der Waals surface area contributed by atoms with E-state index in [1.54, 1.807) is 5.57 Å². The summed E-state index contributed by atoms with van der Waals surface area (Å²) in [4.78, 5) is 0. The molecule has 0 aromatic carbocycles. The van der Waals surface area contributed by atoms with Gasteiger partial charge in [-0.3, -0.25) is 0 Å². The predicted molar refractivity (Wildman–Crippen MR) is 100 cm³/mol. The molecule has 2 N–H and O–H groups in total. The van der Waals surface area contributed by atoms with Crippen molar-refractivity contribution in [3.8, 4) is 0 Å². The highest BCUT2D eigenvalue weighted by Gasteiger charge is 2.25. The normalized spacial score (nSPS) is 31.5. The van der Waals surface area contributed by atoms with Gasteiger partial charge >= 0.3 is 0 Å². The molecular weight excluding hydrogens is 276 g/mol. The molecule has 4 unspecified atom stereocenters. The second-order valence-corrected chi connectivity index (χ2v) is 7.55. The van der Waals surface area contributed by atoms with Crippen LogP contribution < -0.4 is 10.6 Å². The van der Waals surface area contributed by atoms with Gasteiger partial charge in [-0.05, 0) is 32.6 Å². The highest BCUT2D eigenvalue weighted by molar-refractivity contribution is 8.00. The molecule has 4 atom stereocenters. The number of allylic oxidation sites excluding steroid dienone is 1. The maximum atomic E-state index is 3.75. The molecule has 3 heteroatoms. The lowest BCUT2D eigenvalue weighted by atomic mass is 9.86. The quantitative estimate of drug-likeness (QED) is 0.731. The second kappa shape index (κ2) is 12.5. The Bertz CT molecular complexity index is 278. The molecule has 1 heterocycles. The van der Waals surface area contributed by atoms with Gasteiger partial charge in [0.25, 0.3) is 0 Å². The summed E-state index contributed by atoms with van der Waals surface area (Å²) in [6.45, 7) is 17.4. The van der Waals surface area contributed by atoms with Crippen molar-refractivity contribution in [1.29, 1.82) is 0 Å². The third kappa shape index (κ3) is 8.27. The Balaban J connectivity index is 0.000000713. The van der Waals surface area contributed by atoms with E-state index in [2.05, 4.69) is 63.1 Å². The van der Waals surface area contributed by atoms with E-state index < -0.39 is 0 Å². The molecule has 2 rings (SSSR count). The van der Waals surface area contributed by atoms with Crippen LogP contribution in [-0.2, 0) is 0 Å². The lowest BCUT2D eigenvalue weighted by Crippen LogP contribution is -2.41. The molecule has 0 aromatic rings. The van der Waals surface area contributed by atoms with Crippen LogP contribution in [-0.4, -0.2) is 29.8 Å². The monoisotopic (exact) mass is 314 g/mol. The van der Waals surface area contributed by atoms with Gasteiger partial charge in [-0.2, -0.15) is 0 Å². The van der Waals surface area contributed by atoms with E-state index in [1.807, 2.05) is 13.8 Å². The van der Waals surface area contributed by atoms with E-state index in [0.29, 0.717) is 11.4 Å². The molecule has 1 saturated heterocycles. The third-order valence-corrected chi connectivity index (χ3v) is 5.04. The van der Waals surface area contributed by atoms with Crippen molar-refractivity contribution in [2.24, 2.45) is 5.92 Å². The van der Waals surface area contributed by atoms with E-state index in [9.17, 15) is 0 Å². The number of nitrogens with one attached hydrogen (secondary N) is 2. The molecule has 0 aromatic heterocycles. The fraction of sp³-hybridized carbons (Fsp3) is 0.889. The summed E-state index contributed by atoms with van der Waals surface area (Å²) in [5.74, 6) is 0.793. The molecule has 1 aliphatic heterocycles. The van der Waals surface area contributed by atoms with Gasteiger partial charge in [-0.1, -0.05) is 52.7 Å². The van der Waals surface area contributed by atoms with Crippen LogP contribution in [0.5, 0.6) is 0 Å². The minimum absolute atomic E-state index is 0.616. The highest BCUT2D eigenvalue weighted by Crippen LogP contribution is 2.25. The van der Waals surface area contributed by atoms with Gasteiger partial charge in [-0.25, -0.2) is 0 Å². The molecule has 21 heavy (non-hydrogen) atoms. The number of rotatable bonds is 3. The zero-order valence-corrected chi connectivity index (χ0v) is 16.1. The lowest BCUT2D eigenvalue weighted by molar-refractivity contribution is 0.381. The van der Waals surface area contributed by atoms with Crippen LogP contribution in [0.2, 0.25) is 0 Å². The van der Waals surface area contributed by atoms with E-state index in [1.165, 1.54) is 19.3 Å². The summed E-state index contributed by atoms with van der Waals surface area (Å²) in [6.07, 6.45) is 6.25. The van der Waals surface area contributed by atoms with Crippen LogP contribution in [0.4, 0.5) is 0 Å². The van der Waals surface area contributed by atoms with Crippen LogP contribution in [0.1, 0.15) is 67.7 Å². The smallest absolute Gasteiger partial charge is 0.0507 e. The summed E-state index contributed by atoms with van der Waals surface area (Å²) in [6, 6.07) is 0.616. The molecule has 0 bridgehead atoms. The van der Waals surface area contributed by atoms with Crippen molar-refractivity contribution in [1.82, 2.24) is 10.6 Å². The van der Waals surface area contributed by atoms with Gasteiger partial charge in [0.15, 0.2) is 0 Å². The van der Waals surface area contributed by atoms with E-state index in [4.69, 9.17) is 0 Å². The maximum absolute atomic E-state index is 3.75. The molecule has 0 radical (unpaired) electrons. The molecule has 2 nitrogen and oxygen atoms in total. The van der Waals surface area contributed by atoms with Crippen LogP contribution >= 0.6 is 11.8 Å². The van der Waals surface area contributed by atoms with Crippen LogP contribution in [0.25, 0.3) is 0 Å². The number of hydrogen-bond acceptors (Lipinski definition) is 3. The molecule has 2 aliphatic rings. The van der Waals surface area contributed by atoms with E-state index >= 15 is 0 Å². The first kappa shape index (κ1) is 21.0.